The van der Waals surface area contributed by atoms with Crippen molar-refractivity contribution in [2.75, 3.05) is 32.8 Å². The maximum absolute atomic E-state index is 5.20. The summed E-state index contributed by atoms with van der Waals surface area (Å²) >= 11 is 1.85. The molecule has 0 N–H and O–H groups in total. The fourth-order valence-electron chi connectivity index (χ4n) is 5.09. The van der Waals surface area contributed by atoms with Gasteiger partial charge in [-0.2, -0.15) is 0 Å². The second-order valence-electron chi connectivity index (χ2n) is 12.0. The van der Waals surface area contributed by atoms with E-state index in [1.807, 2.05) is 11.3 Å². The van der Waals surface area contributed by atoms with Crippen LogP contribution in [-0.2, 0) is 4.74 Å². The van der Waals surface area contributed by atoms with E-state index >= 15 is 0 Å². The van der Waals surface area contributed by atoms with Gasteiger partial charge in [0.05, 0.1) is 13.2 Å². The zero-order valence-corrected chi connectivity index (χ0v) is 30.5. The lowest BCUT2D eigenvalue weighted by Gasteiger charge is -2.28. The minimum Gasteiger partial charge on any atom is -0.379 e. The monoisotopic (exact) mass is 607 g/mol. The molecular weight excluding hydrogens is 543 g/mol. The SMILES string of the molecule is CCC.CCC/C(=C\c1ccsc1C)C(=C1CCC1)C(=C(C)C)c1ccccc1C.CCCC.CCCN1CCOCC1. The Morgan fingerprint density at radius 1 is 0.860 bits per heavy atom. The highest BCUT2D eigenvalue weighted by molar-refractivity contribution is 7.10. The number of nitrogens with zero attached hydrogens (tertiary/aromatic N) is 1. The standard InChI is InChI=1S/C26H32S.C7H15NO.C4H10.C3H8/c1-6-10-23(17-22-15-16-27-20(22)5)26(21-12-9-13-21)25(18(2)3)24-14-8-7-11-19(24)4;1-2-3-8-4-6-9-7-5-8;1-3-4-2;1-3-2/h7-8,11,14-17H,6,9-10,12-13H2,1-5H3;2-7H2,1H3;3-4H2,1-2H3;3H2,1-2H3/b23-17+;;;. The Hall–Kier alpha value is -1.94. The number of aryl methyl sites for hydroxylation is 2. The second-order valence-corrected chi connectivity index (χ2v) is 13.2. The third kappa shape index (κ3) is 14.1. The van der Waals surface area contributed by atoms with Crippen molar-refractivity contribution in [1.29, 1.82) is 0 Å². The normalized spacial score (nSPS) is 14.7. The molecule has 2 nitrogen and oxygen atoms in total. The third-order valence-electron chi connectivity index (χ3n) is 7.69. The summed E-state index contributed by atoms with van der Waals surface area (Å²) in [4.78, 5) is 3.86. The number of unbranched alkanes of at least 4 members (excludes halogenated alkanes) is 1. The van der Waals surface area contributed by atoms with Crippen molar-refractivity contribution in [3.63, 3.8) is 0 Å². The molecule has 2 fully saturated rings. The van der Waals surface area contributed by atoms with Crippen molar-refractivity contribution >= 4 is 23.0 Å². The lowest BCUT2D eigenvalue weighted by atomic mass is 9.77. The predicted octanol–water partition coefficient (Wildman–Crippen LogP) is 12.5. The summed E-state index contributed by atoms with van der Waals surface area (Å²) in [6.07, 6.45) is 13.8. The molecule has 2 heterocycles. The molecule has 3 heteroatoms. The highest BCUT2D eigenvalue weighted by Gasteiger charge is 2.23. The first-order valence-corrected chi connectivity index (χ1v) is 18.2. The van der Waals surface area contributed by atoms with Gasteiger partial charge in [0.2, 0.25) is 0 Å². The topological polar surface area (TPSA) is 12.5 Å². The van der Waals surface area contributed by atoms with Crippen LogP contribution in [0.1, 0.15) is 135 Å². The van der Waals surface area contributed by atoms with Gasteiger partial charge >= 0.3 is 0 Å². The zero-order valence-electron chi connectivity index (χ0n) is 29.7. The van der Waals surface area contributed by atoms with Crippen molar-refractivity contribution in [3.8, 4) is 0 Å². The molecule has 0 amide bonds. The van der Waals surface area contributed by atoms with E-state index in [1.165, 1.54) is 96.2 Å². The number of hydrogen-bond acceptors (Lipinski definition) is 3. The summed E-state index contributed by atoms with van der Waals surface area (Å²) in [6, 6.07) is 11.1. The van der Waals surface area contributed by atoms with E-state index in [1.54, 1.807) is 11.1 Å². The number of benzene rings is 1. The molecule has 2 aromatic rings. The van der Waals surface area contributed by atoms with Gasteiger partial charge in [-0.15, -0.1) is 11.3 Å². The van der Waals surface area contributed by atoms with Crippen LogP contribution in [0.15, 0.2) is 58.0 Å². The number of rotatable bonds is 9. The van der Waals surface area contributed by atoms with Crippen LogP contribution in [0.3, 0.4) is 0 Å². The number of allylic oxidation sites excluding steroid dienone is 5. The van der Waals surface area contributed by atoms with Gasteiger partial charge in [0, 0.05) is 18.0 Å². The van der Waals surface area contributed by atoms with E-state index in [2.05, 4.69) is 116 Å². The molecule has 0 atom stereocenters. The maximum Gasteiger partial charge on any atom is 0.0594 e. The average Bonchev–Trinajstić information content (AvgIpc) is 3.38. The first-order valence-electron chi connectivity index (χ1n) is 17.3. The molecule has 2 aliphatic rings. The molecule has 43 heavy (non-hydrogen) atoms. The fourth-order valence-corrected chi connectivity index (χ4v) is 5.77. The Labute approximate surface area is 271 Å². The molecular formula is C40H65NOS. The van der Waals surface area contributed by atoms with Gasteiger partial charge in [-0.3, -0.25) is 4.90 Å². The summed E-state index contributed by atoms with van der Waals surface area (Å²) in [5, 5.41) is 2.21. The second kappa shape index (κ2) is 23.4. The quantitative estimate of drug-likeness (QED) is 0.281. The van der Waals surface area contributed by atoms with Crippen molar-refractivity contribution in [2.45, 2.75) is 127 Å². The molecule has 0 radical (unpaired) electrons. The van der Waals surface area contributed by atoms with E-state index < -0.39 is 0 Å². The average molecular weight is 608 g/mol. The third-order valence-corrected chi connectivity index (χ3v) is 8.55. The van der Waals surface area contributed by atoms with Crippen LogP contribution >= 0.6 is 11.3 Å². The van der Waals surface area contributed by atoms with Crippen molar-refractivity contribution in [1.82, 2.24) is 4.90 Å². The van der Waals surface area contributed by atoms with E-state index in [4.69, 9.17) is 4.74 Å². The lowest BCUT2D eigenvalue weighted by Crippen LogP contribution is -2.36. The Kier molecular flexibility index (Phi) is 21.3. The predicted molar refractivity (Wildman–Crippen MR) is 196 cm³/mol. The van der Waals surface area contributed by atoms with Crippen molar-refractivity contribution in [2.24, 2.45) is 0 Å². The van der Waals surface area contributed by atoms with E-state index in [0.717, 1.165) is 32.7 Å². The van der Waals surface area contributed by atoms with Gasteiger partial charge in [0.25, 0.3) is 0 Å². The smallest absolute Gasteiger partial charge is 0.0594 e. The van der Waals surface area contributed by atoms with Gasteiger partial charge in [0.15, 0.2) is 0 Å². The summed E-state index contributed by atoms with van der Waals surface area (Å²) in [6.45, 7) is 27.5. The largest absolute Gasteiger partial charge is 0.379 e. The van der Waals surface area contributed by atoms with Crippen LogP contribution in [0.4, 0.5) is 0 Å². The number of thiophene rings is 1. The molecule has 0 unspecified atom stereocenters. The maximum atomic E-state index is 5.20. The van der Waals surface area contributed by atoms with E-state index in [0.29, 0.717) is 0 Å². The Balaban J connectivity index is 0.000000474. The van der Waals surface area contributed by atoms with Crippen LogP contribution < -0.4 is 0 Å². The van der Waals surface area contributed by atoms with Crippen LogP contribution in [-0.4, -0.2) is 37.7 Å². The lowest BCUT2D eigenvalue weighted by molar-refractivity contribution is 0.0380. The van der Waals surface area contributed by atoms with Crippen LogP contribution in [0.2, 0.25) is 0 Å². The van der Waals surface area contributed by atoms with Crippen LogP contribution in [0, 0.1) is 13.8 Å². The van der Waals surface area contributed by atoms with Crippen LogP contribution in [0.5, 0.6) is 0 Å². The first kappa shape index (κ1) is 39.1. The van der Waals surface area contributed by atoms with Gasteiger partial charge in [-0.1, -0.05) is 109 Å². The number of hydrogen-bond donors (Lipinski definition) is 0. The summed E-state index contributed by atoms with van der Waals surface area (Å²) < 4.78 is 5.20. The minimum atomic E-state index is 0.931. The molecule has 0 spiro atoms. The Bertz CT molecular complexity index is 1100. The molecule has 0 bridgehead atoms. The Morgan fingerprint density at radius 2 is 1.49 bits per heavy atom. The highest BCUT2D eigenvalue weighted by atomic mass is 32.1. The molecule has 1 saturated heterocycles. The summed E-state index contributed by atoms with van der Waals surface area (Å²) in [5.41, 5.74) is 11.8. The number of morpholine rings is 1. The molecule has 1 aromatic heterocycles. The summed E-state index contributed by atoms with van der Waals surface area (Å²) in [7, 11) is 0. The molecule has 1 aliphatic heterocycles. The van der Waals surface area contributed by atoms with Gasteiger partial charge in [-0.25, -0.2) is 0 Å². The Morgan fingerprint density at radius 3 is 1.93 bits per heavy atom. The molecule has 242 valence electrons. The molecule has 4 rings (SSSR count). The molecule has 1 saturated carbocycles. The van der Waals surface area contributed by atoms with Gasteiger partial charge < -0.3 is 4.74 Å². The van der Waals surface area contributed by atoms with Gasteiger partial charge in [0.1, 0.15) is 0 Å². The zero-order chi connectivity index (χ0) is 32.0. The first-order chi connectivity index (χ1) is 20.8. The van der Waals surface area contributed by atoms with Gasteiger partial charge in [-0.05, 0) is 111 Å². The molecule has 1 aromatic carbocycles. The van der Waals surface area contributed by atoms with Crippen molar-refractivity contribution < 1.29 is 4.74 Å². The van der Waals surface area contributed by atoms with Crippen molar-refractivity contribution in [3.05, 3.63) is 79.6 Å². The minimum absolute atomic E-state index is 0.931. The van der Waals surface area contributed by atoms with Crippen LogP contribution in [0.25, 0.3) is 11.6 Å². The number of ether oxygens (including phenoxy) is 1. The summed E-state index contributed by atoms with van der Waals surface area (Å²) in [5.74, 6) is 0. The molecule has 1 aliphatic carbocycles. The highest BCUT2D eigenvalue weighted by Crippen LogP contribution is 2.43. The van der Waals surface area contributed by atoms with E-state index in [-0.39, 0.29) is 0 Å². The van der Waals surface area contributed by atoms with E-state index in [9.17, 15) is 0 Å². The fraction of sp³-hybridized carbons (Fsp3) is 0.600.